The van der Waals surface area contributed by atoms with Crippen LogP contribution in [-0.2, 0) is 0 Å². The van der Waals surface area contributed by atoms with E-state index in [2.05, 4.69) is 13.8 Å². The van der Waals surface area contributed by atoms with Gasteiger partial charge in [0.1, 0.15) is 0 Å². The Labute approximate surface area is 68.2 Å². The molecular weight excluding hydrogens is 139 g/mol. The van der Waals surface area contributed by atoms with Gasteiger partial charge >= 0.3 is 0 Å². The predicted molar refractivity (Wildman–Crippen MR) is 44.1 cm³/mol. The first kappa shape index (κ1) is 7.57. The summed E-state index contributed by atoms with van der Waals surface area (Å²) in [5, 5.41) is 0. The van der Waals surface area contributed by atoms with Crippen LogP contribution in [0, 0.1) is 23.2 Å². The minimum atomic E-state index is -0.0788. The van der Waals surface area contributed by atoms with Crippen LogP contribution in [0.25, 0.3) is 0 Å². The van der Waals surface area contributed by atoms with E-state index in [4.69, 9.17) is 0 Å². The van der Waals surface area contributed by atoms with Gasteiger partial charge in [0.15, 0.2) is 0 Å². The monoisotopic (exact) mass is 156 g/mol. The fraction of sp³-hybridized carbons (Fsp3) is 1.00. The second-order valence-electron chi connectivity index (χ2n) is 4.85. The topological polar surface area (TPSA) is 0 Å². The molecule has 0 aromatic heterocycles. The Morgan fingerprint density at radius 1 is 1.36 bits per heavy atom. The van der Waals surface area contributed by atoms with Gasteiger partial charge in [-0.05, 0) is 42.4 Å². The lowest BCUT2D eigenvalue weighted by molar-refractivity contribution is 0.209. The van der Waals surface area contributed by atoms with E-state index in [0.717, 1.165) is 12.3 Å². The molecule has 1 heteroatoms. The van der Waals surface area contributed by atoms with Gasteiger partial charge in [-0.2, -0.15) is 0 Å². The third-order valence-corrected chi connectivity index (χ3v) is 4.19. The van der Waals surface area contributed by atoms with Crippen molar-refractivity contribution in [1.29, 1.82) is 0 Å². The molecule has 0 spiro atoms. The normalized spacial score (nSPS) is 46.6. The number of rotatable bonds is 1. The summed E-state index contributed by atoms with van der Waals surface area (Å²) in [6.45, 7) is 4.57. The Morgan fingerprint density at radius 2 is 2.09 bits per heavy atom. The molecule has 64 valence electrons. The van der Waals surface area contributed by atoms with Crippen LogP contribution in [0.15, 0.2) is 0 Å². The zero-order valence-electron chi connectivity index (χ0n) is 7.44. The van der Waals surface area contributed by atoms with Gasteiger partial charge in [0.05, 0.1) is 6.67 Å². The quantitative estimate of drug-likeness (QED) is 0.547. The highest BCUT2D eigenvalue weighted by atomic mass is 19.1. The predicted octanol–water partition coefficient (Wildman–Crippen LogP) is 3.03. The molecule has 2 bridgehead atoms. The van der Waals surface area contributed by atoms with Crippen LogP contribution in [0.3, 0.4) is 0 Å². The summed E-state index contributed by atoms with van der Waals surface area (Å²) < 4.78 is 12.5. The zero-order chi connectivity index (χ0) is 8.06. The van der Waals surface area contributed by atoms with Gasteiger partial charge in [0.25, 0.3) is 0 Å². The average molecular weight is 156 g/mol. The Kier molecular flexibility index (Phi) is 1.52. The minimum Gasteiger partial charge on any atom is -0.251 e. The third-order valence-electron chi connectivity index (χ3n) is 4.19. The zero-order valence-corrected chi connectivity index (χ0v) is 7.44. The minimum absolute atomic E-state index is 0.0788. The van der Waals surface area contributed by atoms with Gasteiger partial charge in [-0.1, -0.05) is 13.8 Å². The fourth-order valence-electron chi connectivity index (χ4n) is 3.39. The molecule has 2 fully saturated rings. The first-order chi connectivity index (χ1) is 5.16. The molecule has 2 saturated carbocycles. The summed E-state index contributed by atoms with van der Waals surface area (Å²) in [6.07, 6.45) is 3.80. The molecule has 2 aliphatic rings. The number of hydrogen-bond donors (Lipinski definition) is 0. The first-order valence-electron chi connectivity index (χ1n) is 4.72. The fourth-order valence-corrected chi connectivity index (χ4v) is 3.39. The lowest BCUT2D eigenvalue weighted by Gasteiger charge is -2.25. The van der Waals surface area contributed by atoms with Gasteiger partial charge in [0, 0.05) is 0 Å². The van der Waals surface area contributed by atoms with Crippen LogP contribution in [0.2, 0.25) is 0 Å². The molecule has 2 rings (SSSR count). The largest absolute Gasteiger partial charge is 0.251 e. The SMILES string of the molecule is CC1(C)C2CCC1C(CF)C2. The summed E-state index contributed by atoms with van der Waals surface area (Å²) in [5.41, 5.74) is 0.455. The molecule has 0 saturated heterocycles. The van der Waals surface area contributed by atoms with Crippen LogP contribution in [0.1, 0.15) is 33.1 Å². The van der Waals surface area contributed by atoms with Crippen LogP contribution in [-0.4, -0.2) is 6.67 Å². The van der Waals surface area contributed by atoms with E-state index < -0.39 is 0 Å². The lowest BCUT2D eigenvalue weighted by Crippen LogP contribution is -2.20. The maximum atomic E-state index is 12.5. The molecule has 3 unspecified atom stereocenters. The number of hydrogen-bond acceptors (Lipinski definition) is 0. The van der Waals surface area contributed by atoms with Crippen LogP contribution >= 0.6 is 0 Å². The van der Waals surface area contributed by atoms with E-state index in [1.165, 1.54) is 12.8 Å². The second kappa shape index (κ2) is 2.21. The van der Waals surface area contributed by atoms with Crippen molar-refractivity contribution in [3.63, 3.8) is 0 Å². The van der Waals surface area contributed by atoms with E-state index in [1.807, 2.05) is 0 Å². The Morgan fingerprint density at radius 3 is 2.36 bits per heavy atom. The lowest BCUT2D eigenvalue weighted by atomic mass is 9.80. The molecule has 0 nitrogen and oxygen atoms in total. The number of alkyl halides is 1. The van der Waals surface area contributed by atoms with E-state index in [9.17, 15) is 4.39 Å². The molecule has 2 aliphatic carbocycles. The van der Waals surface area contributed by atoms with Crippen molar-refractivity contribution in [3.05, 3.63) is 0 Å². The third kappa shape index (κ3) is 0.861. The van der Waals surface area contributed by atoms with Gasteiger partial charge in [-0.25, -0.2) is 0 Å². The summed E-state index contributed by atoms with van der Waals surface area (Å²) in [4.78, 5) is 0. The summed E-state index contributed by atoms with van der Waals surface area (Å²) >= 11 is 0. The van der Waals surface area contributed by atoms with Crippen molar-refractivity contribution in [2.24, 2.45) is 23.2 Å². The van der Waals surface area contributed by atoms with Crippen molar-refractivity contribution < 1.29 is 4.39 Å². The van der Waals surface area contributed by atoms with Gasteiger partial charge in [-0.15, -0.1) is 0 Å². The number of halogens is 1. The smallest absolute Gasteiger partial charge is 0.0925 e. The van der Waals surface area contributed by atoms with Crippen LogP contribution in [0.4, 0.5) is 4.39 Å². The molecule has 0 heterocycles. The van der Waals surface area contributed by atoms with Crippen molar-refractivity contribution in [2.75, 3.05) is 6.67 Å². The molecule has 0 aromatic rings. The standard InChI is InChI=1S/C10H17F/c1-10(2)8-3-4-9(10)7(5-8)6-11/h7-9H,3-6H2,1-2H3. The highest BCUT2D eigenvalue weighted by Gasteiger charge is 2.52. The van der Waals surface area contributed by atoms with E-state index in [0.29, 0.717) is 17.3 Å². The highest BCUT2D eigenvalue weighted by Crippen LogP contribution is 2.60. The van der Waals surface area contributed by atoms with Crippen LogP contribution < -0.4 is 0 Å². The molecule has 0 aliphatic heterocycles. The van der Waals surface area contributed by atoms with Crippen molar-refractivity contribution in [2.45, 2.75) is 33.1 Å². The van der Waals surface area contributed by atoms with Crippen molar-refractivity contribution in [3.8, 4) is 0 Å². The number of fused-ring (bicyclic) bond motifs is 2. The van der Waals surface area contributed by atoms with Gasteiger partial charge in [0.2, 0.25) is 0 Å². The molecule has 0 aromatic carbocycles. The Hall–Kier alpha value is -0.0700. The molecule has 0 N–H and O–H groups in total. The molecule has 3 atom stereocenters. The molecule has 0 amide bonds. The Bertz CT molecular complexity index is 162. The summed E-state index contributed by atoms with van der Waals surface area (Å²) in [6, 6.07) is 0. The van der Waals surface area contributed by atoms with Gasteiger partial charge in [-0.3, -0.25) is 4.39 Å². The summed E-state index contributed by atoms with van der Waals surface area (Å²) in [7, 11) is 0. The second-order valence-corrected chi connectivity index (χ2v) is 4.85. The van der Waals surface area contributed by atoms with E-state index in [-0.39, 0.29) is 6.67 Å². The van der Waals surface area contributed by atoms with E-state index in [1.54, 1.807) is 0 Å². The van der Waals surface area contributed by atoms with Crippen molar-refractivity contribution >= 4 is 0 Å². The summed E-state index contributed by atoms with van der Waals surface area (Å²) in [5.74, 6) is 1.93. The molecular formula is C10H17F. The van der Waals surface area contributed by atoms with E-state index >= 15 is 0 Å². The maximum absolute atomic E-state index is 12.5. The maximum Gasteiger partial charge on any atom is 0.0925 e. The van der Waals surface area contributed by atoms with Crippen LogP contribution in [0.5, 0.6) is 0 Å². The first-order valence-corrected chi connectivity index (χ1v) is 4.72. The Balaban J connectivity index is 2.19. The van der Waals surface area contributed by atoms with Crippen molar-refractivity contribution in [1.82, 2.24) is 0 Å². The van der Waals surface area contributed by atoms with Gasteiger partial charge < -0.3 is 0 Å². The highest BCUT2D eigenvalue weighted by molar-refractivity contribution is 5.01. The molecule has 0 radical (unpaired) electrons. The molecule has 11 heavy (non-hydrogen) atoms. The average Bonchev–Trinajstić information content (AvgIpc) is 2.40.